The van der Waals surface area contributed by atoms with Crippen LogP contribution in [0.15, 0.2) is 24.3 Å². The highest BCUT2D eigenvalue weighted by molar-refractivity contribution is 7.91. The van der Waals surface area contributed by atoms with Gasteiger partial charge in [0.05, 0.1) is 25.0 Å². The second kappa shape index (κ2) is 5.61. The zero-order chi connectivity index (χ0) is 13.9. The highest BCUT2D eigenvalue weighted by Crippen LogP contribution is 2.14. The Balaban J connectivity index is 1.91. The second-order valence-corrected chi connectivity index (χ2v) is 6.92. The maximum atomic E-state index is 11.8. The van der Waals surface area contributed by atoms with Crippen molar-refractivity contribution < 1.29 is 17.9 Å². The Kier molecular flexibility index (Phi) is 4.09. The summed E-state index contributed by atoms with van der Waals surface area (Å²) in [6, 6.07) is 7.02. The number of hydrogen-bond donors (Lipinski definition) is 1. The van der Waals surface area contributed by atoms with Crippen LogP contribution in [0.5, 0.6) is 5.75 Å². The van der Waals surface area contributed by atoms with Crippen molar-refractivity contribution in [3.05, 3.63) is 29.8 Å². The lowest BCUT2D eigenvalue weighted by molar-refractivity contribution is -0.120. The minimum Gasteiger partial charge on any atom is -0.497 e. The van der Waals surface area contributed by atoms with Crippen LogP contribution in [0.2, 0.25) is 0 Å². The van der Waals surface area contributed by atoms with Gasteiger partial charge in [0.2, 0.25) is 5.91 Å². The summed E-state index contributed by atoms with van der Waals surface area (Å²) >= 11 is 0. The fraction of sp³-hybridized carbons (Fsp3) is 0.462. The maximum absolute atomic E-state index is 11.8. The number of benzene rings is 1. The van der Waals surface area contributed by atoms with Gasteiger partial charge in [-0.3, -0.25) is 4.79 Å². The van der Waals surface area contributed by atoms with E-state index in [0.717, 1.165) is 5.56 Å². The van der Waals surface area contributed by atoms with E-state index in [1.807, 2.05) is 18.2 Å². The van der Waals surface area contributed by atoms with E-state index in [9.17, 15) is 13.2 Å². The minimum atomic E-state index is -2.96. The molecule has 0 radical (unpaired) electrons. The monoisotopic (exact) mass is 283 g/mol. The smallest absolute Gasteiger partial charge is 0.224 e. The van der Waals surface area contributed by atoms with Crippen molar-refractivity contribution in [2.24, 2.45) is 0 Å². The fourth-order valence-corrected chi connectivity index (χ4v) is 3.83. The molecule has 0 saturated carbocycles. The van der Waals surface area contributed by atoms with E-state index >= 15 is 0 Å². The van der Waals surface area contributed by atoms with Gasteiger partial charge in [0, 0.05) is 6.04 Å². The van der Waals surface area contributed by atoms with Gasteiger partial charge in [-0.25, -0.2) is 8.42 Å². The van der Waals surface area contributed by atoms with Gasteiger partial charge in [-0.2, -0.15) is 0 Å². The molecule has 0 bridgehead atoms. The third-order valence-corrected chi connectivity index (χ3v) is 4.86. The molecule has 1 aromatic rings. The Bertz CT molecular complexity index is 568. The summed E-state index contributed by atoms with van der Waals surface area (Å²) < 4.78 is 27.7. The average molecular weight is 283 g/mol. The molecule has 6 heteroatoms. The molecule has 1 aromatic carbocycles. The van der Waals surface area contributed by atoms with Crippen LogP contribution in [0.3, 0.4) is 0 Å². The van der Waals surface area contributed by atoms with Crippen molar-refractivity contribution >= 4 is 15.7 Å². The van der Waals surface area contributed by atoms with Crippen molar-refractivity contribution in [3.8, 4) is 5.75 Å². The first-order valence-corrected chi connectivity index (χ1v) is 7.93. The van der Waals surface area contributed by atoms with Gasteiger partial charge in [-0.15, -0.1) is 0 Å². The predicted molar refractivity (Wildman–Crippen MR) is 71.9 cm³/mol. The molecule has 5 nitrogen and oxygen atoms in total. The molecule has 1 saturated heterocycles. The van der Waals surface area contributed by atoms with Gasteiger partial charge in [-0.05, 0) is 24.1 Å². The van der Waals surface area contributed by atoms with Crippen LogP contribution in [0.4, 0.5) is 0 Å². The molecule has 1 heterocycles. The molecule has 1 atom stereocenters. The lowest BCUT2D eigenvalue weighted by Gasteiger charge is -2.11. The van der Waals surface area contributed by atoms with Gasteiger partial charge in [-0.1, -0.05) is 12.1 Å². The molecule has 19 heavy (non-hydrogen) atoms. The number of carbonyl (C=O) groups is 1. The second-order valence-electron chi connectivity index (χ2n) is 4.70. The van der Waals surface area contributed by atoms with Crippen LogP contribution in [0, 0.1) is 0 Å². The predicted octanol–water partition coefficient (Wildman–Crippen LogP) is 0.541. The first-order chi connectivity index (χ1) is 8.98. The minimum absolute atomic E-state index is 0.0524. The molecule has 1 fully saturated rings. The van der Waals surface area contributed by atoms with Gasteiger partial charge in [0.15, 0.2) is 9.84 Å². The molecule has 1 amide bonds. The molecule has 1 N–H and O–H groups in total. The molecule has 1 aliphatic heterocycles. The van der Waals surface area contributed by atoms with Gasteiger partial charge in [0.1, 0.15) is 5.75 Å². The highest BCUT2D eigenvalue weighted by Gasteiger charge is 2.28. The molecule has 1 unspecified atom stereocenters. The van der Waals surface area contributed by atoms with Crippen molar-refractivity contribution in [1.29, 1.82) is 0 Å². The first-order valence-electron chi connectivity index (χ1n) is 6.11. The third-order valence-electron chi connectivity index (χ3n) is 3.10. The maximum Gasteiger partial charge on any atom is 0.224 e. The van der Waals surface area contributed by atoms with Crippen LogP contribution in [-0.4, -0.2) is 39.0 Å². The molecular weight excluding hydrogens is 266 g/mol. The summed E-state index contributed by atoms with van der Waals surface area (Å²) in [5.74, 6) is 0.762. The molecule has 0 spiro atoms. The summed E-state index contributed by atoms with van der Waals surface area (Å²) in [7, 11) is -1.39. The average Bonchev–Trinajstić information content (AvgIpc) is 2.68. The third kappa shape index (κ3) is 3.96. The Hall–Kier alpha value is -1.56. The first kappa shape index (κ1) is 13.9. The zero-order valence-electron chi connectivity index (χ0n) is 10.8. The summed E-state index contributed by atoms with van der Waals surface area (Å²) in [6.07, 6.45) is 0.736. The number of rotatable bonds is 4. The molecular formula is C13H17NO4S. The summed E-state index contributed by atoms with van der Waals surface area (Å²) in [6.45, 7) is 0. The van der Waals surface area contributed by atoms with E-state index in [-0.39, 0.29) is 29.9 Å². The van der Waals surface area contributed by atoms with Crippen molar-refractivity contribution in [2.75, 3.05) is 18.6 Å². The molecule has 2 rings (SSSR count). The van der Waals surface area contributed by atoms with Gasteiger partial charge >= 0.3 is 0 Å². The Morgan fingerprint density at radius 1 is 1.47 bits per heavy atom. The number of sulfone groups is 1. The number of methoxy groups -OCH3 is 1. The zero-order valence-corrected chi connectivity index (χ0v) is 11.6. The fourth-order valence-electron chi connectivity index (χ4n) is 2.16. The van der Waals surface area contributed by atoms with Crippen LogP contribution in [0.1, 0.15) is 12.0 Å². The quantitative estimate of drug-likeness (QED) is 0.875. The topological polar surface area (TPSA) is 72.5 Å². The Labute approximate surface area is 112 Å². The largest absolute Gasteiger partial charge is 0.497 e. The molecule has 0 aromatic heterocycles. The highest BCUT2D eigenvalue weighted by atomic mass is 32.2. The number of nitrogens with one attached hydrogen (secondary N) is 1. The van der Waals surface area contributed by atoms with E-state index < -0.39 is 9.84 Å². The van der Waals surface area contributed by atoms with Crippen LogP contribution < -0.4 is 10.1 Å². The molecule has 0 aliphatic carbocycles. The number of ether oxygens (including phenoxy) is 1. The van der Waals surface area contributed by atoms with E-state index in [1.165, 1.54) is 0 Å². The summed E-state index contributed by atoms with van der Waals surface area (Å²) in [4.78, 5) is 11.8. The summed E-state index contributed by atoms with van der Waals surface area (Å²) in [5, 5.41) is 2.76. The van der Waals surface area contributed by atoms with E-state index in [2.05, 4.69) is 5.32 Å². The number of amides is 1. The van der Waals surface area contributed by atoms with Gasteiger partial charge in [0.25, 0.3) is 0 Å². The molecule has 1 aliphatic rings. The van der Waals surface area contributed by atoms with Crippen LogP contribution in [0.25, 0.3) is 0 Å². The molecule has 104 valence electrons. The Morgan fingerprint density at radius 2 is 2.26 bits per heavy atom. The van der Waals surface area contributed by atoms with Crippen molar-refractivity contribution in [1.82, 2.24) is 5.32 Å². The Morgan fingerprint density at radius 3 is 2.89 bits per heavy atom. The van der Waals surface area contributed by atoms with Crippen molar-refractivity contribution in [3.63, 3.8) is 0 Å². The summed E-state index contributed by atoms with van der Waals surface area (Å²) in [5.41, 5.74) is 0.845. The van der Waals surface area contributed by atoms with E-state index in [1.54, 1.807) is 13.2 Å². The van der Waals surface area contributed by atoms with E-state index in [0.29, 0.717) is 12.2 Å². The lowest BCUT2D eigenvalue weighted by atomic mass is 10.1. The van der Waals surface area contributed by atoms with Crippen LogP contribution >= 0.6 is 0 Å². The number of hydrogen-bond acceptors (Lipinski definition) is 4. The van der Waals surface area contributed by atoms with Crippen LogP contribution in [-0.2, 0) is 21.1 Å². The number of carbonyl (C=O) groups excluding carboxylic acids is 1. The van der Waals surface area contributed by atoms with E-state index in [4.69, 9.17) is 4.74 Å². The lowest BCUT2D eigenvalue weighted by Crippen LogP contribution is -2.36. The van der Waals surface area contributed by atoms with Crippen molar-refractivity contribution in [2.45, 2.75) is 18.9 Å². The SMILES string of the molecule is COc1cccc(CC(=O)NC2CCS(=O)(=O)C2)c1. The normalized spacial score (nSPS) is 21.0. The van der Waals surface area contributed by atoms with Gasteiger partial charge < -0.3 is 10.1 Å². The standard InChI is InChI=1S/C13H17NO4S/c1-18-12-4-2-3-10(7-12)8-13(15)14-11-5-6-19(16,17)9-11/h2-4,7,11H,5-6,8-9H2,1H3,(H,14,15).